The number of nitrogens with zero attached hydrogens (tertiary/aromatic N) is 1. The third-order valence-electron chi connectivity index (χ3n) is 1.80. The van der Waals surface area contributed by atoms with Crippen LogP contribution in [0.1, 0.15) is 5.56 Å². The molecule has 1 aromatic carbocycles. The van der Waals surface area contributed by atoms with Crippen LogP contribution in [-0.2, 0) is 0 Å². The Hall–Kier alpha value is -1.49. The lowest BCUT2D eigenvalue weighted by Crippen LogP contribution is -1.98. The third-order valence-corrected chi connectivity index (χ3v) is 2.39. The Balaban J connectivity index is 3.11. The molecule has 1 rings (SSSR count). The van der Waals surface area contributed by atoms with Crippen molar-refractivity contribution >= 4 is 22.1 Å². The molecule has 0 saturated carbocycles. The fraction of sp³-hybridized carbons (Fsp3) is 0.182. The van der Waals surface area contributed by atoms with E-state index in [-0.39, 0.29) is 0 Å². The first-order chi connectivity index (χ1) is 7.72. The molecule has 16 heavy (non-hydrogen) atoms. The standard InChI is InChI=1S/C11H12BrNO3/c1-3-4-16-11-9(12)5-8(7-13-14)6-10(11)15-2/h3,5-7,14H,1,4H2,2H3/b13-7-. The summed E-state index contributed by atoms with van der Waals surface area (Å²) in [6.45, 7) is 3.96. The Morgan fingerprint density at radius 3 is 2.88 bits per heavy atom. The molecule has 5 heteroatoms. The highest BCUT2D eigenvalue weighted by Crippen LogP contribution is 2.36. The second kappa shape index (κ2) is 6.17. The van der Waals surface area contributed by atoms with Crippen molar-refractivity contribution in [1.82, 2.24) is 0 Å². The zero-order chi connectivity index (χ0) is 12.0. The van der Waals surface area contributed by atoms with Gasteiger partial charge in [-0.15, -0.1) is 0 Å². The van der Waals surface area contributed by atoms with Gasteiger partial charge in [-0.25, -0.2) is 0 Å². The van der Waals surface area contributed by atoms with E-state index < -0.39 is 0 Å². The Morgan fingerprint density at radius 1 is 1.56 bits per heavy atom. The first-order valence-corrected chi connectivity index (χ1v) is 5.31. The summed E-state index contributed by atoms with van der Waals surface area (Å²) in [6.07, 6.45) is 2.96. The van der Waals surface area contributed by atoms with E-state index >= 15 is 0 Å². The summed E-state index contributed by atoms with van der Waals surface area (Å²) in [5.41, 5.74) is 0.706. The Labute approximate surface area is 102 Å². The fourth-order valence-corrected chi connectivity index (χ4v) is 1.74. The molecule has 0 heterocycles. The van der Waals surface area contributed by atoms with Crippen molar-refractivity contribution in [3.63, 3.8) is 0 Å². The molecule has 0 spiro atoms. The summed E-state index contributed by atoms with van der Waals surface area (Å²) in [7, 11) is 1.54. The van der Waals surface area contributed by atoms with Crippen LogP contribution in [0.15, 0.2) is 34.4 Å². The van der Waals surface area contributed by atoms with Crippen LogP contribution in [0.5, 0.6) is 11.5 Å². The van der Waals surface area contributed by atoms with Gasteiger partial charge in [0.2, 0.25) is 0 Å². The first-order valence-electron chi connectivity index (χ1n) is 4.51. The molecule has 4 nitrogen and oxygen atoms in total. The van der Waals surface area contributed by atoms with Crippen molar-refractivity contribution in [1.29, 1.82) is 0 Å². The molecule has 1 N–H and O–H groups in total. The van der Waals surface area contributed by atoms with Gasteiger partial charge in [-0.05, 0) is 28.1 Å². The van der Waals surface area contributed by atoms with E-state index in [1.165, 1.54) is 6.21 Å². The van der Waals surface area contributed by atoms with Crippen molar-refractivity contribution in [2.75, 3.05) is 13.7 Å². The molecule has 0 fully saturated rings. The Kier molecular flexibility index (Phi) is 4.85. The molecule has 0 amide bonds. The van der Waals surface area contributed by atoms with Crippen LogP contribution in [0, 0.1) is 0 Å². The lowest BCUT2D eigenvalue weighted by molar-refractivity contribution is 0.321. The van der Waals surface area contributed by atoms with E-state index in [0.29, 0.717) is 23.7 Å². The van der Waals surface area contributed by atoms with E-state index in [2.05, 4.69) is 27.7 Å². The van der Waals surface area contributed by atoms with Gasteiger partial charge >= 0.3 is 0 Å². The second-order valence-electron chi connectivity index (χ2n) is 2.88. The number of rotatable bonds is 5. The second-order valence-corrected chi connectivity index (χ2v) is 3.73. The number of ether oxygens (including phenoxy) is 2. The molecule has 86 valence electrons. The van der Waals surface area contributed by atoms with Crippen molar-refractivity contribution in [3.8, 4) is 11.5 Å². The maximum absolute atomic E-state index is 8.45. The van der Waals surface area contributed by atoms with Gasteiger partial charge < -0.3 is 14.7 Å². The number of oxime groups is 1. The number of hydrogen-bond donors (Lipinski definition) is 1. The first kappa shape index (κ1) is 12.6. The van der Waals surface area contributed by atoms with Gasteiger partial charge in [0.25, 0.3) is 0 Å². The summed E-state index contributed by atoms with van der Waals surface area (Å²) >= 11 is 3.36. The molecular formula is C11H12BrNO3. The molecule has 0 aromatic heterocycles. The zero-order valence-electron chi connectivity index (χ0n) is 8.81. The van der Waals surface area contributed by atoms with Crippen LogP contribution in [-0.4, -0.2) is 25.1 Å². The highest BCUT2D eigenvalue weighted by atomic mass is 79.9. The number of benzene rings is 1. The molecule has 0 bridgehead atoms. The average molecular weight is 286 g/mol. The minimum Gasteiger partial charge on any atom is -0.493 e. The van der Waals surface area contributed by atoms with Gasteiger partial charge in [-0.3, -0.25) is 0 Å². The predicted molar refractivity (Wildman–Crippen MR) is 65.8 cm³/mol. The summed E-state index contributed by atoms with van der Waals surface area (Å²) in [6, 6.07) is 3.48. The number of hydrogen-bond acceptors (Lipinski definition) is 4. The summed E-state index contributed by atoms with van der Waals surface area (Å²) in [4.78, 5) is 0. The Morgan fingerprint density at radius 2 is 2.31 bits per heavy atom. The number of methoxy groups -OCH3 is 1. The molecule has 1 aromatic rings. The summed E-state index contributed by atoms with van der Waals surface area (Å²) in [5, 5.41) is 11.4. The van der Waals surface area contributed by atoms with E-state index in [4.69, 9.17) is 14.7 Å². The van der Waals surface area contributed by atoms with Crippen LogP contribution in [0.2, 0.25) is 0 Å². The maximum atomic E-state index is 8.45. The van der Waals surface area contributed by atoms with Crippen molar-refractivity contribution in [2.45, 2.75) is 0 Å². The molecule has 0 saturated heterocycles. The Bertz CT molecular complexity index is 404. The van der Waals surface area contributed by atoms with Gasteiger partial charge in [0.1, 0.15) is 6.61 Å². The van der Waals surface area contributed by atoms with Crippen molar-refractivity contribution in [2.24, 2.45) is 5.16 Å². The van der Waals surface area contributed by atoms with E-state index in [1.807, 2.05) is 0 Å². The monoisotopic (exact) mass is 285 g/mol. The van der Waals surface area contributed by atoms with E-state index in [0.717, 1.165) is 4.47 Å². The summed E-state index contributed by atoms with van der Waals surface area (Å²) in [5.74, 6) is 1.16. The van der Waals surface area contributed by atoms with Gasteiger partial charge in [-0.1, -0.05) is 17.8 Å². The lowest BCUT2D eigenvalue weighted by Gasteiger charge is -2.11. The maximum Gasteiger partial charge on any atom is 0.175 e. The fourth-order valence-electron chi connectivity index (χ4n) is 1.16. The molecule has 0 aliphatic heterocycles. The highest BCUT2D eigenvalue weighted by molar-refractivity contribution is 9.10. The lowest BCUT2D eigenvalue weighted by atomic mass is 10.2. The van der Waals surface area contributed by atoms with Gasteiger partial charge in [0, 0.05) is 5.56 Å². The molecule has 0 aliphatic carbocycles. The normalized spacial score (nSPS) is 10.4. The highest BCUT2D eigenvalue weighted by Gasteiger charge is 2.10. The van der Waals surface area contributed by atoms with E-state index in [9.17, 15) is 0 Å². The molecule has 0 aliphatic rings. The zero-order valence-corrected chi connectivity index (χ0v) is 10.4. The largest absolute Gasteiger partial charge is 0.493 e. The van der Waals surface area contributed by atoms with Crippen LogP contribution >= 0.6 is 15.9 Å². The molecule has 0 radical (unpaired) electrons. The molecule has 0 unspecified atom stereocenters. The predicted octanol–water partition coefficient (Wildman–Crippen LogP) is 2.83. The van der Waals surface area contributed by atoms with Crippen LogP contribution in [0.25, 0.3) is 0 Å². The smallest absolute Gasteiger partial charge is 0.175 e. The topological polar surface area (TPSA) is 51.0 Å². The molecule has 0 atom stereocenters. The quantitative estimate of drug-likeness (QED) is 0.392. The summed E-state index contributed by atoms with van der Waals surface area (Å²) < 4.78 is 11.3. The van der Waals surface area contributed by atoms with E-state index in [1.54, 1.807) is 25.3 Å². The van der Waals surface area contributed by atoms with Gasteiger partial charge in [-0.2, -0.15) is 0 Å². The van der Waals surface area contributed by atoms with Crippen LogP contribution in [0.3, 0.4) is 0 Å². The van der Waals surface area contributed by atoms with Crippen LogP contribution in [0.4, 0.5) is 0 Å². The van der Waals surface area contributed by atoms with Crippen LogP contribution < -0.4 is 9.47 Å². The van der Waals surface area contributed by atoms with Gasteiger partial charge in [0.05, 0.1) is 17.8 Å². The number of halogens is 1. The molecular weight excluding hydrogens is 274 g/mol. The third kappa shape index (κ3) is 3.00. The minimum atomic E-state index is 0.391. The average Bonchev–Trinajstić information content (AvgIpc) is 2.27. The SMILES string of the molecule is C=CCOc1c(Br)cc(/C=N\O)cc1OC. The van der Waals surface area contributed by atoms with Crippen molar-refractivity contribution in [3.05, 3.63) is 34.8 Å². The van der Waals surface area contributed by atoms with Crippen molar-refractivity contribution < 1.29 is 14.7 Å². The minimum absolute atomic E-state index is 0.391. The van der Waals surface area contributed by atoms with Gasteiger partial charge in [0.15, 0.2) is 11.5 Å².